The molecule has 0 saturated carbocycles. The fourth-order valence-electron chi connectivity index (χ4n) is 3.74. The Hall–Kier alpha value is -1.75. The molecule has 1 aliphatic rings. The van der Waals surface area contributed by atoms with Gasteiger partial charge in [-0.3, -0.25) is 0 Å². The number of aromatic amines is 1. The van der Waals surface area contributed by atoms with E-state index in [0.717, 1.165) is 43.6 Å². The topological polar surface area (TPSA) is 65.7 Å². The minimum absolute atomic E-state index is 0.148. The van der Waals surface area contributed by atoms with E-state index in [9.17, 15) is 5.11 Å². The average molecular weight is 329 g/mol. The SMILES string of the molecule is CC[n+]1nc(CCC(c2ccc3c(c2)C(O)CC3)C(C)(C)C)n[nH]1. The zero-order valence-corrected chi connectivity index (χ0v) is 15.2. The molecule has 2 atom stereocenters. The van der Waals surface area contributed by atoms with E-state index < -0.39 is 0 Å². The molecule has 0 amide bonds. The number of nitrogens with one attached hydrogen (secondary N) is 1. The first kappa shape index (κ1) is 17.1. The van der Waals surface area contributed by atoms with Crippen LogP contribution in [0.15, 0.2) is 18.2 Å². The maximum absolute atomic E-state index is 10.2. The molecule has 2 N–H and O–H groups in total. The first-order valence-electron chi connectivity index (χ1n) is 9.00. The molecule has 0 fully saturated rings. The van der Waals surface area contributed by atoms with Crippen molar-refractivity contribution in [2.75, 3.05) is 0 Å². The van der Waals surface area contributed by atoms with Crippen LogP contribution in [0.4, 0.5) is 0 Å². The van der Waals surface area contributed by atoms with Crippen LogP contribution in [0.2, 0.25) is 0 Å². The molecule has 5 nitrogen and oxygen atoms in total. The number of hydrogen-bond donors (Lipinski definition) is 2. The molecule has 0 saturated heterocycles. The fraction of sp³-hybridized carbons (Fsp3) is 0.632. The highest BCUT2D eigenvalue weighted by molar-refractivity contribution is 5.39. The van der Waals surface area contributed by atoms with Gasteiger partial charge >= 0.3 is 5.82 Å². The Kier molecular flexibility index (Phi) is 4.72. The molecule has 0 radical (unpaired) electrons. The summed E-state index contributed by atoms with van der Waals surface area (Å²) in [6.45, 7) is 9.70. The molecule has 2 aromatic rings. The van der Waals surface area contributed by atoms with Crippen LogP contribution >= 0.6 is 0 Å². The van der Waals surface area contributed by atoms with E-state index in [1.165, 1.54) is 11.1 Å². The molecule has 1 heterocycles. The molecular formula is C19H29N4O+. The number of hydrogen-bond acceptors (Lipinski definition) is 3. The third-order valence-electron chi connectivity index (χ3n) is 5.15. The molecule has 24 heavy (non-hydrogen) atoms. The van der Waals surface area contributed by atoms with Gasteiger partial charge < -0.3 is 5.11 Å². The van der Waals surface area contributed by atoms with Crippen molar-refractivity contribution in [3.8, 4) is 0 Å². The van der Waals surface area contributed by atoms with Gasteiger partial charge in [-0.2, -0.15) is 0 Å². The highest BCUT2D eigenvalue weighted by Gasteiger charge is 2.29. The number of fused-ring (bicyclic) bond motifs is 1. The third-order valence-corrected chi connectivity index (χ3v) is 5.15. The van der Waals surface area contributed by atoms with Crippen LogP contribution in [0.5, 0.6) is 0 Å². The van der Waals surface area contributed by atoms with Gasteiger partial charge in [-0.1, -0.05) is 43.8 Å². The minimum Gasteiger partial charge on any atom is -0.388 e. The summed E-state index contributed by atoms with van der Waals surface area (Å²) in [5.74, 6) is 1.27. The van der Waals surface area contributed by atoms with Crippen molar-refractivity contribution in [1.82, 2.24) is 15.4 Å². The summed E-state index contributed by atoms with van der Waals surface area (Å²) in [6, 6.07) is 6.68. The number of aliphatic hydroxyl groups excluding tert-OH is 1. The van der Waals surface area contributed by atoms with Crippen molar-refractivity contribution in [2.24, 2.45) is 5.41 Å². The molecule has 1 aromatic heterocycles. The van der Waals surface area contributed by atoms with Gasteiger partial charge in [0.05, 0.1) is 11.2 Å². The van der Waals surface area contributed by atoms with Gasteiger partial charge in [-0.05, 0) is 64.5 Å². The number of tetrazole rings is 1. The van der Waals surface area contributed by atoms with Gasteiger partial charge in [0.1, 0.15) is 6.54 Å². The van der Waals surface area contributed by atoms with Crippen molar-refractivity contribution < 1.29 is 9.90 Å². The smallest absolute Gasteiger partial charge is 0.308 e. The number of aryl methyl sites for hydroxylation is 3. The summed E-state index contributed by atoms with van der Waals surface area (Å²) in [5, 5.41) is 21.9. The Bertz CT molecular complexity index is 702. The molecule has 1 aliphatic carbocycles. The van der Waals surface area contributed by atoms with Crippen molar-refractivity contribution in [2.45, 2.75) is 71.9 Å². The number of rotatable bonds is 5. The Balaban J connectivity index is 1.81. The largest absolute Gasteiger partial charge is 0.388 e. The van der Waals surface area contributed by atoms with Crippen molar-refractivity contribution >= 4 is 0 Å². The second kappa shape index (κ2) is 6.63. The molecular weight excluding hydrogens is 300 g/mol. The lowest BCUT2D eigenvalue weighted by Gasteiger charge is -2.31. The number of benzene rings is 1. The standard InChI is InChI=1S/C19H28N4O/c1-5-23-21-18(20-22-23)11-9-16(19(2,3)4)14-7-6-13-8-10-17(24)15(13)12-14/h6-7,12,16-17,24H,5,8-11H2,1-4H3/p+1. The predicted octanol–water partition coefficient (Wildman–Crippen LogP) is 2.85. The molecule has 130 valence electrons. The van der Waals surface area contributed by atoms with Gasteiger partial charge in [-0.15, -0.1) is 0 Å². The lowest BCUT2D eigenvalue weighted by molar-refractivity contribution is -0.802. The number of H-pyrrole nitrogens is 1. The average Bonchev–Trinajstić information content (AvgIpc) is 3.13. The van der Waals surface area contributed by atoms with Crippen molar-refractivity contribution in [1.29, 1.82) is 0 Å². The number of nitrogens with zero attached hydrogens (tertiary/aromatic N) is 3. The van der Waals surface area contributed by atoms with E-state index in [-0.39, 0.29) is 11.5 Å². The molecule has 0 bridgehead atoms. The third kappa shape index (κ3) is 3.51. The molecule has 0 spiro atoms. The Morgan fingerprint density at radius 3 is 2.83 bits per heavy atom. The maximum Gasteiger partial charge on any atom is 0.308 e. The van der Waals surface area contributed by atoms with Crippen LogP contribution < -0.4 is 4.80 Å². The minimum atomic E-state index is -0.294. The summed E-state index contributed by atoms with van der Waals surface area (Å²) in [6.07, 6.45) is 3.40. The van der Waals surface area contributed by atoms with Gasteiger partial charge in [0.2, 0.25) is 0 Å². The summed E-state index contributed by atoms with van der Waals surface area (Å²) >= 11 is 0. The summed E-state index contributed by atoms with van der Waals surface area (Å²) in [7, 11) is 0. The zero-order valence-electron chi connectivity index (χ0n) is 15.2. The summed E-state index contributed by atoms with van der Waals surface area (Å²) < 4.78 is 0. The van der Waals surface area contributed by atoms with Gasteiger partial charge in [0, 0.05) is 6.42 Å². The van der Waals surface area contributed by atoms with Gasteiger partial charge in [0.25, 0.3) is 0 Å². The summed E-state index contributed by atoms with van der Waals surface area (Å²) in [5.41, 5.74) is 3.90. The first-order valence-corrected chi connectivity index (χ1v) is 9.00. The lowest BCUT2D eigenvalue weighted by atomic mass is 9.73. The molecule has 2 unspecified atom stereocenters. The Morgan fingerprint density at radius 2 is 2.17 bits per heavy atom. The summed E-state index contributed by atoms with van der Waals surface area (Å²) in [4.78, 5) is 1.76. The van der Waals surface area contributed by atoms with E-state index in [4.69, 9.17) is 0 Å². The van der Waals surface area contributed by atoms with Crippen LogP contribution in [-0.4, -0.2) is 20.5 Å². The highest BCUT2D eigenvalue weighted by atomic mass is 16.3. The van der Waals surface area contributed by atoms with E-state index in [1.807, 2.05) is 6.92 Å². The normalized spacial score (nSPS) is 18.6. The van der Waals surface area contributed by atoms with Crippen molar-refractivity contribution in [3.63, 3.8) is 0 Å². The van der Waals surface area contributed by atoms with Gasteiger partial charge in [-0.25, -0.2) is 0 Å². The second-order valence-electron chi connectivity index (χ2n) is 7.91. The second-order valence-corrected chi connectivity index (χ2v) is 7.91. The molecule has 5 heteroatoms. The lowest BCUT2D eigenvalue weighted by Crippen LogP contribution is -2.37. The van der Waals surface area contributed by atoms with E-state index >= 15 is 0 Å². The van der Waals surface area contributed by atoms with Crippen molar-refractivity contribution in [3.05, 3.63) is 40.7 Å². The highest BCUT2D eigenvalue weighted by Crippen LogP contribution is 2.41. The zero-order chi connectivity index (χ0) is 17.3. The number of aromatic nitrogens is 4. The Morgan fingerprint density at radius 1 is 1.38 bits per heavy atom. The van der Waals surface area contributed by atoms with Gasteiger partial charge in [0.15, 0.2) is 0 Å². The molecule has 0 aliphatic heterocycles. The van der Waals surface area contributed by atoms with E-state index in [0.29, 0.717) is 5.92 Å². The van der Waals surface area contributed by atoms with Crippen LogP contribution in [-0.2, 0) is 19.4 Å². The Labute approximate surface area is 144 Å². The maximum atomic E-state index is 10.2. The first-order chi connectivity index (χ1) is 11.4. The van der Waals surface area contributed by atoms with Crippen LogP contribution in [0.25, 0.3) is 0 Å². The molecule has 1 aromatic carbocycles. The van der Waals surface area contributed by atoms with Crippen LogP contribution in [0.1, 0.15) is 75.1 Å². The van der Waals surface area contributed by atoms with E-state index in [1.54, 1.807) is 4.80 Å². The van der Waals surface area contributed by atoms with Crippen LogP contribution in [0, 0.1) is 5.41 Å². The quantitative estimate of drug-likeness (QED) is 0.829. The van der Waals surface area contributed by atoms with Crippen LogP contribution in [0.3, 0.4) is 0 Å². The predicted molar refractivity (Wildman–Crippen MR) is 92.5 cm³/mol. The van der Waals surface area contributed by atoms with E-state index in [2.05, 4.69) is 54.4 Å². The number of aliphatic hydroxyl groups is 1. The molecule has 3 rings (SSSR count). The monoisotopic (exact) mass is 329 g/mol. The fourth-order valence-corrected chi connectivity index (χ4v) is 3.74.